The van der Waals surface area contributed by atoms with Crippen molar-refractivity contribution in [3.63, 3.8) is 0 Å². The van der Waals surface area contributed by atoms with Crippen LogP contribution in [-0.4, -0.2) is 29.1 Å². The normalized spacial score (nSPS) is 8.71. The molecule has 1 aromatic carbocycles. The molecule has 0 unspecified atom stereocenters. The monoisotopic (exact) mass is 437 g/mol. The predicted octanol–water partition coefficient (Wildman–Crippen LogP) is 6.29. The van der Waals surface area contributed by atoms with Crippen molar-refractivity contribution in [1.29, 1.82) is 0 Å². The third kappa shape index (κ3) is 33.7. The van der Waals surface area contributed by atoms with Gasteiger partial charge in [-0.15, -0.1) is 5.19 Å². The molecule has 140 valence electrons. The fourth-order valence-electron chi connectivity index (χ4n) is 1.06. The topological polar surface area (TPSA) is 71.4 Å². The number of nitrogens with one attached hydrogen (secondary N) is 3. The van der Waals surface area contributed by atoms with Crippen molar-refractivity contribution in [2.45, 2.75) is 59.3 Å². The Balaban J connectivity index is -0.000000113. The SMILES string of the molecule is CCCC[NH-].CCCC[NH-].CCCC[NH-].F[SiH](F)[c-]1cccc1.[Zr+4]. The van der Waals surface area contributed by atoms with Crippen LogP contribution in [0.5, 0.6) is 0 Å². The molecular weight excluding hydrogens is 404 g/mol. The molecule has 0 amide bonds. The van der Waals surface area contributed by atoms with Gasteiger partial charge >= 0.3 is 35.7 Å². The Labute approximate surface area is 169 Å². The van der Waals surface area contributed by atoms with Crippen molar-refractivity contribution < 1.29 is 34.4 Å². The number of halogens is 2. The molecule has 24 heavy (non-hydrogen) atoms. The molecule has 0 aliphatic rings. The standard InChI is InChI=1S/C5H5F2Si.3C4H10N.Zr/c6-8(7)5-3-1-2-4-5;3*1-2-3-4-5;/h1-4,8H;3*5H,2-4H2,1H3;/q4*-1;+4. The van der Waals surface area contributed by atoms with Gasteiger partial charge in [0.15, 0.2) is 0 Å². The van der Waals surface area contributed by atoms with Crippen molar-refractivity contribution in [2.24, 2.45) is 0 Å². The molecule has 3 N–H and O–H groups in total. The molecule has 0 saturated carbocycles. The zero-order chi connectivity index (χ0) is 18.3. The van der Waals surface area contributed by atoms with Gasteiger partial charge in [0.25, 0.3) is 0 Å². The Kier molecular flexibility index (Phi) is 41.2. The predicted molar refractivity (Wildman–Crippen MR) is 103 cm³/mol. The first-order chi connectivity index (χ1) is 11.0. The summed E-state index contributed by atoms with van der Waals surface area (Å²) >= 11 is 0. The van der Waals surface area contributed by atoms with Crippen LogP contribution in [0.1, 0.15) is 59.3 Å². The van der Waals surface area contributed by atoms with Crippen LogP contribution >= 0.6 is 0 Å². The average molecular weight is 439 g/mol. The van der Waals surface area contributed by atoms with Gasteiger partial charge in [0, 0.05) is 0 Å². The Morgan fingerprint density at radius 1 is 0.750 bits per heavy atom. The summed E-state index contributed by atoms with van der Waals surface area (Å²) in [4.78, 5) is 0. The largest absolute Gasteiger partial charge is 4.00 e. The van der Waals surface area contributed by atoms with E-state index < -0.39 is 9.46 Å². The van der Waals surface area contributed by atoms with Gasteiger partial charge in [0.1, 0.15) is 0 Å². The van der Waals surface area contributed by atoms with E-state index in [9.17, 15) is 8.22 Å². The molecule has 0 aliphatic heterocycles. The van der Waals surface area contributed by atoms with E-state index >= 15 is 0 Å². The first kappa shape index (κ1) is 31.9. The number of unbranched alkanes of at least 4 members (excludes halogenated alkanes) is 3. The summed E-state index contributed by atoms with van der Waals surface area (Å²) in [7, 11) is -3.48. The maximum Gasteiger partial charge on any atom is 4.00 e. The maximum atomic E-state index is 11.7. The van der Waals surface area contributed by atoms with Crippen molar-refractivity contribution in [2.75, 3.05) is 19.6 Å². The summed E-state index contributed by atoms with van der Waals surface area (Å²) in [6.07, 6.45) is 6.64. The fraction of sp³-hybridized carbons (Fsp3) is 0.706. The second kappa shape index (κ2) is 31.0. The molecule has 1 aromatic rings. The van der Waals surface area contributed by atoms with Gasteiger partial charge in [0.2, 0.25) is 0 Å². The number of hydrogen-bond donors (Lipinski definition) is 0. The summed E-state index contributed by atoms with van der Waals surface area (Å²) in [6, 6.07) is 6.21. The first-order valence-electron chi connectivity index (χ1n) is 8.48. The molecule has 0 aliphatic carbocycles. The quantitative estimate of drug-likeness (QED) is 0.273. The molecule has 0 saturated heterocycles. The van der Waals surface area contributed by atoms with Crippen LogP contribution in [0, 0.1) is 0 Å². The number of rotatable bonds is 7. The summed E-state index contributed by atoms with van der Waals surface area (Å²) in [6.45, 7) is 8.06. The van der Waals surface area contributed by atoms with E-state index in [4.69, 9.17) is 17.2 Å². The van der Waals surface area contributed by atoms with Crippen LogP contribution in [0.3, 0.4) is 0 Å². The molecule has 0 fully saturated rings. The van der Waals surface area contributed by atoms with Gasteiger partial charge in [-0.3, -0.25) is 8.22 Å². The zero-order valence-corrected chi connectivity index (χ0v) is 19.1. The van der Waals surface area contributed by atoms with Gasteiger partial charge in [0.05, 0.1) is 0 Å². The van der Waals surface area contributed by atoms with E-state index in [1.54, 1.807) is 12.1 Å². The third-order valence-electron chi connectivity index (χ3n) is 2.53. The van der Waals surface area contributed by atoms with E-state index in [2.05, 4.69) is 20.8 Å². The van der Waals surface area contributed by atoms with Gasteiger partial charge in [-0.25, -0.2) is 12.1 Å². The van der Waals surface area contributed by atoms with E-state index in [1.807, 2.05) is 0 Å². The van der Waals surface area contributed by atoms with E-state index in [-0.39, 0.29) is 31.4 Å². The molecule has 0 heterocycles. The second-order valence-corrected chi connectivity index (χ2v) is 6.10. The Bertz CT molecular complexity index is 257. The molecule has 0 spiro atoms. The second-order valence-electron chi connectivity index (χ2n) is 4.83. The Morgan fingerprint density at radius 3 is 1.12 bits per heavy atom. The Morgan fingerprint density at radius 2 is 1.04 bits per heavy atom. The van der Waals surface area contributed by atoms with Crippen molar-refractivity contribution in [3.05, 3.63) is 41.5 Å². The summed E-state index contributed by atoms with van der Waals surface area (Å²) in [5, 5.41) is 0.241. The van der Waals surface area contributed by atoms with E-state index in [0.717, 1.165) is 38.5 Å². The smallest absolute Gasteiger partial charge is 0.677 e. The molecule has 0 aromatic heterocycles. The van der Waals surface area contributed by atoms with Crippen LogP contribution in [0.15, 0.2) is 24.3 Å². The summed E-state index contributed by atoms with van der Waals surface area (Å²) in [5.41, 5.74) is 19.8. The Hall–Kier alpha value is 0.190. The van der Waals surface area contributed by atoms with Gasteiger partial charge in [-0.2, -0.15) is 31.8 Å². The maximum absolute atomic E-state index is 11.7. The molecule has 0 atom stereocenters. The molecule has 0 radical (unpaired) electrons. The molecule has 0 bridgehead atoms. The van der Waals surface area contributed by atoms with Gasteiger partial charge in [-0.05, 0) is 0 Å². The van der Waals surface area contributed by atoms with Gasteiger partial charge in [-0.1, -0.05) is 59.3 Å². The van der Waals surface area contributed by atoms with Gasteiger partial charge < -0.3 is 17.2 Å². The van der Waals surface area contributed by atoms with Crippen molar-refractivity contribution >= 4 is 14.7 Å². The molecule has 7 heteroatoms. The third-order valence-corrected chi connectivity index (χ3v) is 3.42. The molecule has 3 nitrogen and oxygen atoms in total. The summed E-state index contributed by atoms with van der Waals surface area (Å²) in [5.74, 6) is 0. The minimum absolute atomic E-state index is 0. The summed E-state index contributed by atoms with van der Waals surface area (Å²) < 4.78 is 23.5. The van der Waals surface area contributed by atoms with E-state index in [1.165, 1.54) is 12.1 Å². The number of hydrogen-bond acceptors (Lipinski definition) is 0. The van der Waals surface area contributed by atoms with Crippen molar-refractivity contribution in [1.82, 2.24) is 0 Å². The van der Waals surface area contributed by atoms with Crippen LogP contribution in [0.25, 0.3) is 17.2 Å². The molecular formula is C17H35F2N3SiZr. The van der Waals surface area contributed by atoms with Crippen LogP contribution in [-0.2, 0) is 26.2 Å². The molecule has 1 rings (SSSR count). The first-order valence-corrected chi connectivity index (χ1v) is 9.93. The van der Waals surface area contributed by atoms with Crippen LogP contribution in [0.4, 0.5) is 8.22 Å². The average Bonchev–Trinajstić information content (AvgIpc) is 3.06. The minimum Gasteiger partial charge on any atom is -0.677 e. The van der Waals surface area contributed by atoms with E-state index in [0.29, 0.717) is 19.6 Å². The van der Waals surface area contributed by atoms with Crippen molar-refractivity contribution in [3.8, 4) is 0 Å². The zero-order valence-electron chi connectivity index (χ0n) is 15.5. The van der Waals surface area contributed by atoms with Crippen LogP contribution in [0.2, 0.25) is 0 Å². The minimum atomic E-state index is -3.48. The van der Waals surface area contributed by atoms with Crippen LogP contribution < -0.4 is 5.19 Å². The fourth-order valence-corrected chi connectivity index (χ4v) is 1.58.